The first kappa shape index (κ1) is 29.8. The van der Waals surface area contributed by atoms with E-state index in [9.17, 15) is 5.11 Å². The molecule has 1 radical (unpaired) electrons. The summed E-state index contributed by atoms with van der Waals surface area (Å²) in [6.45, 7) is 11.0. The summed E-state index contributed by atoms with van der Waals surface area (Å²) in [5, 5.41) is 17.8. The van der Waals surface area contributed by atoms with Crippen LogP contribution in [0, 0.1) is 34.6 Å². The molecule has 0 bridgehead atoms. The molecule has 0 fully saturated rings. The van der Waals surface area contributed by atoms with Gasteiger partial charge in [-0.25, -0.2) is 0 Å². The van der Waals surface area contributed by atoms with Gasteiger partial charge in [0.1, 0.15) is 5.75 Å². The number of hydrogen-bond acceptors (Lipinski definition) is 1. The van der Waals surface area contributed by atoms with Crippen LogP contribution in [0.25, 0.3) is 43.4 Å². The molecular weight excluding hydrogens is 519 g/mol. The van der Waals surface area contributed by atoms with Gasteiger partial charge in [0.2, 0.25) is 0 Å². The summed E-state index contributed by atoms with van der Waals surface area (Å²) in [5.74, 6) is 0.322. The molecule has 0 atom stereocenters. The van der Waals surface area contributed by atoms with Crippen molar-refractivity contribution in [3.8, 4) is 16.9 Å². The van der Waals surface area contributed by atoms with Crippen molar-refractivity contribution in [1.82, 2.24) is 0 Å². The van der Waals surface area contributed by atoms with Crippen LogP contribution in [0.2, 0.25) is 0 Å². The molecular formula is C32H29Cl2OTi. The first-order chi connectivity index (χ1) is 15.9. The van der Waals surface area contributed by atoms with Crippen LogP contribution in [-0.2, 0) is 21.7 Å². The molecule has 6 aromatic rings. The quantitative estimate of drug-likeness (QED) is 0.191. The smallest absolute Gasteiger partial charge is 1.00 e. The fourth-order valence-corrected chi connectivity index (χ4v) is 5.08. The number of phenolic OH excluding ortho intramolecular Hbond substituents is 1. The average Bonchev–Trinajstić information content (AvgIpc) is 3.01. The predicted molar refractivity (Wildman–Crippen MR) is 143 cm³/mol. The van der Waals surface area contributed by atoms with E-state index in [1.807, 2.05) is 18.2 Å². The van der Waals surface area contributed by atoms with Gasteiger partial charge in [-0.15, -0.1) is 0 Å². The van der Waals surface area contributed by atoms with Crippen molar-refractivity contribution in [3.05, 3.63) is 107 Å². The molecule has 0 aliphatic carbocycles. The summed E-state index contributed by atoms with van der Waals surface area (Å²) in [7, 11) is 0. The van der Waals surface area contributed by atoms with Crippen LogP contribution in [-0.4, -0.2) is 5.11 Å². The molecule has 1 N–H and O–H groups in total. The third-order valence-corrected chi connectivity index (χ3v) is 7.54. The Hall–Kier alpha value is -2.42. The van der Waals surface area contributed by atoms with Crippen molar-refractivity contribution in [2.24, 2.45) is 0 Å². The van der Waals surface area contributed by atoms with Gasteiger partial charge in [0, 0.05) is 5.56 Å². The second kappa shape index (κ2) is 11.8. The minimum atomic E-state index is 0. The Kier molecular flexibility index (Phi) is 9.73. The molecule has 0 heterocycles. The maximum atomic E-state index is 10.3. The maximum absolute atomic E-state index is 10.3. The Morgan fingerprint density at radius 1 is 0.556 bits per heavy atom. The van der Waals surface area contributed by atoms with Crippen molar-refractivity contribution in [3.63, 3.8) is 0 Å². The molecule has 4 heteroatoms. The molecule has 0 saturated carbocycles. The molecule has 0 aliphatic heterocycles. The Labute approximate surface area is 240 Å². The molecule has 1 nitrogen and oxygen atoms in total. The van der Waals surface area contributed by atoms with E-state index in [2.05, 4.69) is 89.2 Å². The van der Waals surface area contributed by atoms with Gasteiger partial charge < -0.3 is 29.9 Å². The summed E-state index contributed by atoms with van der Waals surface area (Å²) < 4.78 is 0. The van der Waals surface area contributed by atoms with E-state index in [1.54, 1.807) is 6.07 Å². The van der Waals surface area contributed by atoms with Crippen LogP contribution in [0.15, 0.2) is 78.9 Å². The molecule has 0 saturated heterocycles. The number of halogens is 2. The molecule has 0 spiro atoms. The van der Waals surface area contributed by atoms with Gasteiger partial charge in [-0.3, -0.25) is 0 Å². The summed E-state index contributed by atoms with van der Waals surface area (Å²) >= 11 is 0. The number of para-hydroxylation sites is 1. The molecule has 0 aliphatic rings. The van der Waals surface area contributed by atoms with Gasteiger partial charge in [0.05, 0.1) is 0 Å². The summed E-state index contributed by atoms with van der Waals surface area (Å²) in [6, 6.07) is 26.9. The molecule has 6 aromatic carbocycles. The van der Waals surface area contributed by atoms with Crippen LogP contribution in [0.3, 0.4) is 0 Å². The van der Waals surface area contributed by atoms with Gasteiger partial charge in [-0.1, -0.05) is 107 Å². The fraction of sp³-hybridized carbons (Fsp3) is 0.156. The SMILES string of the molecule is Cc1c(C)c(C)[c-](C)c1C.Oc1ccccc1-c1ccc2ccc3cccc4ccc1c2c34.[Cl-].[Cl-].[Ti+3]. The summed E-state index contributed by atoms with van der Waals surface area (Å²) in [4.78, 5) is 0. The van der Waals surface area contributed by atoms with E-state index in [0.717, 1.165) is 11.1 Å². The van der Waals surface area contributed by atoms with Gasteiger partial charge in [0.15, 0.2) is 0 Å². The predicted octanol–water partition coefficient (Wildman–Crippen LogP) is 2.91. The first-order valence-electron chi connectivity index (χ1n) is 11.5. The minimum Gasteiger partial charge on any atom is -1.00 e. The normalized spacial score (nSPS) is 10.4. The van der Waals surface area contributed by atoms with Crippen molar-refractivity contribution < 1.29 is 51.6 Å². The molecule has 181 valence electrons. The van der Waals surface area contributed by atoms with E-state index in [-0.39, 0.29) is 46.5 Å². The number of aromatic hydroxyl groups is 1. The molecule has 6 rings (SSSR count). The minimum absolute atomic E-state index is 0. The maximum Gasteiger partial charge on any atom is 3.00 e. The van der Waals surface area contributed by atoms with E-state index in [0.29, 0.717) is 5.75 Å². The van der Waals surface area contributed by atoms with E-state index in [4.69, 9.17) is 0 Å². The first-order valence-corrected chi connectivity index (χ1v) is 11.5. The Morgan fingerprint density at radius 2 is 1.06 bits per heavy atom. The molecule has 36 heavy (non-hydrogen) atoms. The molecule has 0 unspecified atom stereocenters. The standard InChI is InChI=1S/C22H14O.C10H15.2ClH.Ti/c23-20-7-2-1-6-18(20)17-12-10-16-9-8-14-4-3-5-15-11-13-19(17)22(16)21(14)15;1-6-7(2)9(4)10(5)8(6)3;;;/h1-13,23H;1-5H3;2*1H;/q;-1;;;+3/p-2. The van der Waals surface area contributed by atoms with E-state index >= 15 is 0 Å². The van der Waals surface area contributed by atoms with Crippen LogP contribution in [0.1, 0.15) is 27.8 Å². The monoisotopic (exact) mass is 547 g/mol. The summed E-state index contributed by atoms with van der Waals surface area (Å²) in [5.41, 5.74) is 9.30. The number of benzene rings is 5. The summed E-state index contributed by atoms with van der Waals surface area (Å²) in [6.07, 6.45) is 0. The van der Waals surface area contributed by atoms with Gasteiger partial charge >= 0.3 is 21.7 Å². The van der Waals surface area contributed by atoms with Crippen molar-refractivity contribution in [2.45, 2.75) is 34.6 Å². The van der Waals surface area contributed by atoms with E-state index < -0.39 is 0 Å². The molecule has 0 aromatic heterocycles. The Bertz CT molecular complexity index is 1540. The second-order valence-corrected chi connectivity index (χ2v) is 9.11. The Morgan fingerprint density at radius 3 is 1.58 bits per heavy atom. The third kappa shape index (κ3) is 4.91. The zero-order valence-electron chi connectivity index (χ0n) is 21.2. The average molecular weight is 548 g/mol. The fourth-order valence-electron chi connectivity index (χ4n) is 5.08. The Balaban J connectivity index is 0.000000304. The van der Waals surface area contributed by atoms with Gasteiger partial charge in [-0.2, -0.15) is 27.8 Å². The number of rotatable bonds is 1. The van der Waals surface area contributed by atoms with Crippen LogP contribution in [0.4, 0.5) is 0 Å². The van der Waals surface area contributed by atoms with Crippen LogP contribution >= 0.6 is 0 Å². The second-order valence-electron chi connectivity index (χ2n) is 9.11. The third-order valence-electron chi connectivity index (χ3n) is 7.54. The van der Waals surface area contributed by atoms with Crippen LogP contribution < -0.4 is 24.8 Å². The van der Waals surface area contributed by atoms with Crippen molar-refractivity contribution in [1.29, 1.82) is 0 Å². The van der Waals surface area contributed by atoms with Gasteiger partial charge in [0.25, 0.3) is 0 Å². The largest absolute Gasteiger partial charge is 3.00 e. The topological polar surface area (TPSA) is 20.2 Å². The number of hydrogen-bond donors (Lipinski definition) is 1. The van der Waals surface area contributed by atoms with Crippen LogP contribution in [0.5, 0.6) is 5.75 Å². The van der Waals surface area contributed by atoms with Gasteiger partial charge in [-0.05, 0) is 43.9 Å². The van der Waals surface area contributed by atoms with Crippen molar-refractivity contribution >= 4 is 32.3 Å². The molecule has 0 amide bonds. The van der Waals surface area contributed by atoms with Crippen molar-refractivity contribution in [2.75, 3.05) is 0 Å². The zero-order chi connectivity index (χ0) is 23.3. The van der Waals surface area contributed by atoms with E-state index in [1.165, 1.54) is 60.1 Å². The number of phenols is 1. The zero-order valence-corrected chi connectivity index (χ0v) is 24.3.